The van der Waals surface area contributed by atoms with Gasteiger partial charge in [-0.15, -0.1) is 11.8 Å². The summed E-state index contributed by atoms with van der Waals surface area (Å²) in [6, 6.07) is -0.583. The largest absolute Gasteiger partial charge is 0.460 e. The van der Waals surface area contributed by atoms with Crippen LogP contribution >= 0.6 is 11.8 Å². The highest BCUT2D eigenvalue weighted by Crippen LogP contribution is 2.50. The summed E-state index contributed by atoms with van der Waals surface area (Å²) in [5.74, 6) is -1.06. The Morgan fingerprint density at radius 3 is 2.29 bits per heavy atom. The Bertz CT molecular complexity index is 511. The molecule has 0 aliphatic carbocycles. The van der Waals surface area contributed by atoms with Crippen LogP contribution in [0.15, 0.2) is 0 Å². The Hall–Kier alpha value is -1.24. The number of rotatable bonds is 5. The van der Waals surface area contributed by atoms with Crippen LogP contribution in [0.4, 0.5) is 0 Å². The number of hydrogen-bond acceptors (Lipinski definition) is 5. The minimum atomic E-state index is -0.583. The van der Waals surface area contributed by atoms with Gasteiger partial charge in [0.05, 0.1) is 10.8 Å². The van der Waals surface area contributed by atoms with Crippen molar-refractivity contribution in [2.24, 2.45) is 5.92 Å². The lowest BCUT2D eigenvalue weighted by molar-refractivity contribution is -0.159. The summed E-state index contributed by atoms with van der Waals surface area (Å²) in [5.41, 5.74) is -0.558. The lowest BCUT2D eigenvalue weighted by atomic mass is 10.00. The van der Waals surface area contributed by atoms with Crippen LogP contribution in [0, 0.1) is 5.92 Å². The van der Waals surface area contributed by atoms with Crippen molar-refractivity contribution < 1.29 is 19.1 Å². The van der Waals surface area contributed by atoms with E-state index in [-0.39, 0.29) is 18.4 Å². The molecule has 1 aliphatic heterocycles. The third-order valence-electron chi connectivity index (χ3n) is 3.82. The van der Waals surface area contributed by atoms with Crippen LogP contribution in [0.25, 0.3) is 0 Å². The molecule has 0 bridgehead atoms. The number of nitrogens with zero attached hydrogens (tertiary/aromatic N) is 1. The first-order chi connectivity index (χ1) is 10.7. The van der Waals surface area contributed by atoms with Crippen molar-refractivity contribution >= 4 is 30.0 Å². The molecule has 1 rings (SSSR count). The highest BCUT2D eigenvalue weighted by molar-refractivity contribution is 8.02. The van der Waals surface area contributed by atoms with E-state index in [4.69, 9.17) is 4.74 Å². The molecule has 7 heteroatoms. The van der Waals surface area contributed by atoms with Crippen LogP contribution in [0.1, 0.15) is 55.4 Å². The lowest BCUT2D eigenvalue weighted by Gasteiger charge is -2.31. The summed E-state index contributed by atoms with van der Waals surface area (Å²) in [5, 5.41) is 2.80. The fourth-order valence-electron chi connectivity index (χ4n) is 2.86. The van der Waals surface area contributed by atoms with Crippen molar-refractivity contribution in [3.05, 3.63) is 0 Å². The van der Waals surface area contributed by atoms with Crippen LogP contribution in [0.3, 0.4) is 0 Å². The summed E-state index contributed by atoms with van der Waals surface area (Å²) in [6.45, 7) is 15.0. The van der Waals surface area contributed by atoms with Gasteiger partial charge >= 0.3 is 5.97 Å². The molecule has 1 saturated heterocycles. The van der Waals surface area contributed by atoms with Gasteiger partial charge in [-0.3, -0.25) is 14.4 Å². The van der Waals surface area contributed by atoms with Crippen molar-refractivity contribution in [3.8, 4) is 0 Å². The number of nitrogens with one attached hydrogen (secondary N) is 1. The van der Waals surface area contributed by atoms with Crippen molar-refractivity contribution in [2.45, 2.75) is 76.7 Å². The molecule has 0 spiro atoms. The van der Waals surface area contributed by atoms with Gasteiger partial charge in [0.2, 0.25) is 12.3 Å². The molecule has 1 fully saturated rings. The van der Waals surface area contributed by atoms with Gasteiger partial charge in [0.1, 0.15) is 11.6 Å². The number of esters is 1. The maximum atomic E-state index is 12.7. The fourth-order valence-corrected chi connectivity index (χ4v) is 4.74. The molecule has 0 saturated carbocycles. The van der Waals surface area contributed by atoms with E-state index in [1.807, 2.05) is 27.7 Å². The maximum absolute atomic E-state index is 12.7. The first kappa shape index (κ1) is 20.8. The first-order valence-corrected chi connectivity index (χ1v) is 8.97. The molecule has 0 aromatic carbocycles. The van der Waals surface area contributed by atoms with E-state index in [2.05, 4.69) is 5.32 Å². The highest BCUT2D eigenvalue weighted by Gasteiger charge is 2.54. The smallest absolute Gasteiger partial charge is 0.310 e. The van der Waals surface area contributed by atoms with Gasteiger partial charge in [-0.1, -0.05) is 6.92 Å². The summed E-state index contributed by atoms with van der Waals surface area (Å²) >= 11 is 1.58. The predicted octanol–water partition coefficient (Wildman–Crippen LogP) is 2.17. The molecule has 2 atom stereocenters. The van der Waals surface area contributed by atoms with E-state index >= 15 is 0 Å². The molecular weight excluding hydrogens is 328 g/mol. The number of hydrogen-bond donors (Lipinski definition) is 1. The average Bonchev–Trinajstić information content (AvgIpc) is 2.56. The van der Waals surface area contributed by atoms with E-state index in [9.17, 15) is 14.4 Å². The molecule has 2 amide bonds. The third-order valence-corrected chi connectivity index (χ3v) is 5.28. The van der Waals surface area contributed by atoms with Gasteiger partial charge in [-0.05, 0) is 48.5 Å². The van der Waals surface area contributed by atoms with Crippen LogP contribution in [-0.4, -0.2) is 51.0 Å². The molecule has 0 aromatic heterocycles. The fraction of sp³-hybridized carbons (Fsp3) is 0.824. The van der Waals surface area contributed by atoms with E-state index < -0.39 is 27.2 Å². The molecule has 0 aromatic rings. The van der Waals surface area contributed by atoms with E-state index in [1.54, 1.807) is 44.4 Å². The second kappa shape index (κ2) is 6.94. The SMILES string of the molecule is CC(CNC(=O)[C@@H]1N(C=O)C(C)(C)SC1(C)C)C(=O)OC(C)(C)C. The van der Waals surface area contributed by atoms with Gasteiger partial charge in [0.15, 0.2) is 0 Å². The Morgan fingerprint density at radius 1 is 1.29 bits per heavy atom. The zero-order chi connectivity index (χ0) is 18.9. The van der Waals surface area contributed by atoms with Crippen molar-refractivity contribution in [1.29, 1.82) is 0 Å². The van der Waals surface area contributed by atoms with Crippen molar-refractivity contribution in [3.63, 3.8) is 0 Å². The molecular formula is C17H30N2O4S. The maximum Gasteiger partial charge on any atom is 0.310 e. The van der Waals surface area contributed by atoms with E-state index in [0.29, 0.717) is 0 Å². The van der Waals surface area contributed by atoms with Crippen LogP contribution in [-0.2, 0) is 19.1 Å². The van der Waals surface area contributed by atoms with Gasteiger partial charge < -0.3 is 15.0 Å². The van der Waals surface area contributed by atoms with Gasteiger partial charge in [0, 0.05) is 11.3 Å². The molecule has 1 unspecified atom stereocenters. The zero-order valence-electron chi connectivity index (χ0n) is 15.9. The quantitative estimate of drug-likeness (QED) is 0.602. The van der Waals surface area contributed by atoms with Gasteiger partial charge in [0.25, 0.3) is 0 Å². The number of amides is 2. The Kier molecular flexibility index (Phi) is 6.02. The number of ether oxygens (including phenoxy) is 1. The zero-order valence-corrected chi connectivity index (χ0v) is 16.7. The molecule has 0 radical (unpaired) electrons. The first-order valence-electron chi connectivity index (χ1n) is 8.16. The number of carbonyl (C=O) groups is 3. The average molecular weight is 359 g/mol. The molecule has 6 nitrogen and oxygen atoms in total. The van der Waals surface area contributed by atoms with Gasteiger partial charge in [-0.25, -0.2) is 0 Å². The van der Waals surface area contributed by atoms with Crippen molar-refractivity contribution in [1.82, 2.24) is 10.2 Å². The van der Waals surface area contributed by atoms with Gasteiger partial charge in [-0.2, -0.15) is 0 Å². The summed E-state index contributed by atoms with van der Waals surface area (Å²) in [6.07, 6.45) is 0.725. The number of carbonyl (C=O) groups excluding carboxylic acids is 3. The Balaban J connectivity index is 2.74. The standard InChI is InChI=1S/C17H30N2O4S/c1-11(14(22)23-15(2,3)4)9-18-13(21)12-16(5,6)24-17(7,8)19(12)10-20/h10-12H,9H2,1-8H3,(H,18,21)/t11?,12-/m0/s1. The third kappa shape index (κ3) is 4.88. The van der Waals surface area contributed by atoms with Crippen LogP contribution in [0.5, 0.6) is 0 Å². The normalized spacial score (nSPS) is 23.5. The van der Waals surface area contributed by atoms with Crippen LogP contribution in [0.2, 0.25) is 0 Å². The van der Waals surface area contributed by atoms with Crippen molar-refractivity contribution in [2.75, 3.05) is 6.54 Å². The topological polar surface area (TPSA) is 75.7 Å². The molecule has 1 aliphatic rings. The summed E-state index contributed by atoms with van der Waals surface area (Å²) < 4.78 is 4.90. The number of thioether (sulfide) groups is 1. The summed E-state index contributed by atoms with van der Waals surface area (Å²) in [7, 11) is 0. The Morgan fingerprint density at radius 2 is 1.83 bits per heavy atom. The molecule has 1 N–H and O–H groups in total. The van der Waals surface area contributed by atoms with E-state index in [0.717, 1.165) is 6.41 Å². The second-order valence-electron chi connectivity index (χ2n) is 8.25. The lowest BCUT2D eigenvalue weighted by Crippen LogP contribution is -2.54. The minimum Gasteiger partial charge on any atom is -0.460 e. The summed E-state index contributed by atoms with van der Waals surface area (Å²) in [4.78, 5) is 37.2. The van der Waals surface area contributed by atoms with Crippen LogP contribution < -0.4 is 5.32 Å². The second-order valence-corrected chi connectivity index (χ2v) is 10.5. The monoisotopic (exact) mass is 358 g/mol. The predicted molar refractivity (Wildman–Crippen MR) is 95.5 cm³/mol. The highest BCUT2D eigenvalue weighted by atomic mass is 32.2. The molecule has 138 valence electrons. The Labute approximate surface area is 149 Å². The minimum absolute atomic E-state index is 0.179. The molecule has 24 heavy (non-hydrogen) atoms. The molecule has 1 heterocycles. The van der Waals surface area contributed by atoms with E-state index in [1.165, 1.54) is 0 Å².